The van der Waals surface area contributed by atoms with E-state index < -0.39 is 5.97 Å². The lowest BCUT2D eigenvalue weighted by molar-refractivity contribution is -0.117. The number of hydrogen-bond donors (Lipinski definition) is 0. The molecule has 3 heterocycles. The fraction of sp³-hybridized carbons (Fsp3) is 0.273. The van der Waals surface area contributed by atoms with Crippen LogP contribution in [0.4, 0.5) is 5.69 Å². The molecule has 0 radical (unpaired) electrons. The van der Waals surface area contributed by atoms with Gasteiger partial charge in [0.15, 0.2) is 0 Å². The predicted octanol–water partition coefficient (Wildman–Crippen LogP) is 2.35. The number of rotatable bonds is 7. The third-order valence-electron chi connectivity index (χ3n) is 5.01. The van der Waals surface area contributed by atoms with Gasteiger partial charge < -0.3 is 14.4 Å². The van der Waals surface area contributed by atoms with Crippen LogP contribution in [0.25, 0.3) is 0 Å². The van der Waals surface area contributed by atoms with Crippen molar-refractivity contribution in [3.8, 4) is 0 Å². The Balaban J connectivity index is 1.47. The Hall–Kier alpha value is -3.52. The molecule has 4 rings (SSSR count). The van der Waals surface area contributed by atoms with Crippen molar-refractivity contribution in [1.82, 2.24) is 14.8 Å². The van der Waals surface area contributed by atoms with Crippen LogP contribution in [-0.2, 0) is 40.4 Å². The molecule has 1 amide bonds. The molecule has 0 aliphatic carbocycles. The quantitative estimate of drug-likeness (QED) is 0.560. The second kappa shape index (κ2) is 8.46. The zero-order valence-electron chi connectivity index (χ0n) is 16.9. The molecule has 3 aromatic rings. The number of nitrogens with zero attached hydrogens (tertiary/aromatic N) is 4. The minimum absolute atomic E-state index is 0.0605. The van der Waals surface area contributed by atoms with Crippen molar-refractivity contribution in [1.29, 1.82) is 0 Å². The number of anilines is 1. The van der Waals surface area contributed by atoms with Gasteiger partial charge in [0.2, 0.25) is 5.91 Å². The average molecular weight is 406 g/mol. The summed E-state index contributed by atoms with van der Waals surface area (Å²) in [5.74, 6) is -0.376. The topological polar surface area (TPSA) is 86.5 Å². The summed E-state index contributed by atoms with van der Waals surface area (Å²) < 4.78 is 11.6. The number of hydrogen-bond acceptors (Lipinski definition) is 6. The van der Waals surface area contributed by atoms with E-state index in [1.54, 1.807) is 29.1 Å². The van der Waals surface area contributed by atoms with E-state index in [2.05, 4.69) is 10.1 Å². The van der Waals surface area contributed by atoms with Crippen LogP contribution in [0.5, 0.6) is 0 Å². The van der Waals surface area contributed by atoms with E-state index in [0.717, 1.165) is 22.5 Å². The molecule has 1 aliphatic heterocycles. The highest BCUT2D eigenvalue weighted by Gasteiger charge is 2.27. The van der Waals surface area contributed by atoms with Gasteiger partial charge >= 0.3 is 5.97 Å². The summed E-state index contributed by atoms with van der Waals surface area (Å²) in [6, 6.07) is 11.8. The van der Waals surface area contributed by atoms with Crippen LogP contribution in [0, 0.1) is 0 Å². The van der Waals surface area contributed by atoms with Crippen LogP contribution in [0.15, 0.2) is 48.8 Å². The van der Waals surface area contributed by atoms with Gasteiger partial charge in [0.1, 0.15) is 11.3 Å². The largest absolute Gasteiger partial charge is 0.465 e. The van der Waals surface area contributed by atoms with Gasteiger partial charge in [0, 0.05) is 19.5 Å². The molecule has 0 atom stereocenters. The number of methoxy groups -OCH3 is 2. The number of aromatic nitrogens is 3. The molecular weight excluding hydrogens is 384 g/mol. The molecule has 8 heteroatoms. The summed E-state index contributed by atoms with van der Waals surface area (Å²) in [5, 5.41) is 4.44. The van der Waals surface area contributed by atoms with E-state index >= 15 is 0 Å². The van der Waals surface area contributed by atoms with E-state index in [4.69, 9.17) is 9.47 Å². The molecule has 0 unspecified atom stereocenters. The Morgan fingerprint density at radius 2 is 1.83 bits per heavy atom. The van der Waals surface area contributed by atoms with Crippen molar-refractivity contribution in [3.63, 3.8) is 0 Å². The molecule has 1 aliphatic rings. The first-order valence-electron chi connectivity index (χ1n) is 9.54. The number of ether oxygens (including phenoxy) is 2. The fourth-order valence-electron chi connectivity index (χ4n) is 3.54. The third kappa shape index (κ3) is 3.95. The van der Waals surface area contributed by atoms with Crippen molar-refractivity contribution in [3.05, 3.63) is 76.9 Å². The Morgan fingerprint density at radius 1 is 1.10 bits per heavy atom. The summed E-state index contributed by atoms with van der Waals surface area (Å²) >= 11 is 0. The molecular formula is C22H22N4O4. The number of pyridine rings is 1. The lowest BCUT2D eigenvalue weighted by Crippen LogP contribution is -2.25. The summed E-state index contributed by atoms with van der Waals surface area (Å²) in [7, 11) is 2.90. The highest BCUT2D eigenvalue weighted by molar-refractivity contribution is 6.00. The molecule has 0 saturated heterocycles. The zero-order chi connectivity index (χ0) is 21.1. The second-order valence-electron chi connectivity index (χ2n) is 7.05. The van der Waals surface area contributed by atoms with Gasteiger partial charge in [-0.15, -0.1) is 0 Å². The number of esters is 1. The van der Waals surface area contributed by atoms with Crippen LogP contribution < -0.4 is 4.90 Å². The standard InChI is InChI=1S/C22H22N4O4/c1-29-14-19-17(22(28)30-2)13-25(24-19)11-15-5-7-16(8-6-15)12-26-20-4-3-9-23-18(20)10-21(26)27/h3-9,13H,10-12,14H2,1-2H3. The van der Waals surface area contributed by atoms with Crippen LogP contribution in [0.1, 0.15) is 32.9 Å². The minimum Gasteiger partial charge on any atom is -0.465 e. The van der Waals surface area contributed by atoms with Crippen molar-refractivity contribution in [2.45, 2.75) is 26.1 Å². The van der Waals surface area contributed by atoms with Gasteiger partial charge in [-0.2, -0.15) is 5.10 Å². The number of fused-ring (bicyclic) bond motifs is 1. The molecule has 8 nitrogen and oxygen atoms in total. The predicted molar refractivity (Wildman–Crippen MR) is 109 cm³/mol. The minimum atomic E-state index is -0.436. The normalized spacial score (nSPS) is 12.9. The smallest absolute Gasteiger partial charge is 0.341 e. The Morgan fingerprint density at radius 3 is 2.53 bits per heavy atom. The van der Waals surface area contributed by atoms with Gasteiger partial charge in [-0.3, -0.25) is 14.5 Å². The Kier molecular flexibility index (Phi) is 5.58. The van der Waals surface area contributed by atoms with Crippen LogP contribution >= 0.6 is 0 Å². The maximum absolute atomic E-state index is 12.3. The maximum Gasteiger partial charge on any atom is 0.341 e. The van der Waals surface area contributed by atoms with Gasteiger partial charge in [0.25, 0.3) is 0 Å². The first-order valence-corrected chi connectivity index (χ1v) is 9.54. The molecule has 30 heavy (non-hydrogen) atoms. The van der Waals surface area contributed by atoms with E-state index in [-0.39, 0.29) is 12.5 Å². The first kappa shape index (κ1) is 19.8. The van der Waals surface area contributed by atoms with E-state index in [0.29, 0.717) is 30.8 Å². The average Bonchev–Trinajstić information content (AvgIpc) is 3.29. The van der Waals surface area contributed by atoms with Crippen molar-refractivity contribution >= 4 is 17.6 Å². The molecule has 1 aromatic carbocycles. The Labute approximate surface area is 174 Å². The van der Waals surface area contributed by atoms with Crippen molar-refractivity contribution < 1.29 is 19.1 Å². The molecule has 2 aromatic heterocycles. The number of amides is 1. The summed E-state index contributed by atoms with van der Waals surface area (Å²) in [6.45, 7) is 1.24. The lowest BCUT2D eigenvalue weighted by atomic mass is 10.1. The van der Waals surface area contributed by atoms with Crippen LogP contribution in [-0.4, -0.2) is 40.9 Å². The van der Waals surface area contributed by atoms with E-state index in [1.165, 1.54) is 7.11 Å². The molecule has 0 bridgehead atoms. The highest BCUT2D eigenvalue weighted by atomic mass is 16.5. The molecule has 0 fully saturated rings. The number of carbonyl (C=O) groups is 2. The van der Waals surface area contributed by atoms with Gasteiger partial charge in [-0.25, -0.2) is 4.79 Å². The first-order chi connectivity index (χ1) is 14.6. The maximum atomic E-state index is 12.3. The number of carbonyl (C=O) groups excluding carboxylic acids is 2. The zero-order valence-corrected chi connectivity index (χ0v) is 16.9. The van der Waals surface area contributed by atoms with Crippen LogP contribution in [0.3, 0.4) is 0 Å². The molecule has 0 saturated carbocycles. The fourth-order valence-corrected chi connectivity index (χ4v) is 3.54. The molecule has 154 valence electrons. The molecule has 0 spiro atoms. The van der Waals surface area contributed by atoms with Crippen molar-refractivity contribution in [2.75, 3.05) is 19.1 Å². The summed E-state index contributed by atoms with van der Waals surface area (Å²) in [4.78, 5) is 30.3. The van der Waals surface area contributed by atoms with Gasteiger partial charge in [-0.05, 0) is 23.3 Å². The summed E-state index contributed by atoms with van der Waals surface area (Å²) in [6.07, 6.45) is 3.73. The van der Waals surface area contributed by atoms with E-state index in [9.17, 15) is 9.59 Å². The highest BCUT2D eigenvalue weighted by Crippen LogP contribution is 2.28. The number of benzene rings is 1. The van der Waals surface area contributed by atoms with Crippen LogP contribution in [0.2, 0.25) is 0 Å². The van der Waals surface area contributed by atoms with Gasteiger partial charge in [-0.1, -0.05) is 24.3 Å². The second-order valence-corrected chi connectivity index (χ2v) is 7.05. The van der Waals surface area contributed by atoms with Crippen molar-refractivity contribution in [2.24, 2.45) is 0 Å². The molecule has 0 N–H and O–H groups in total. The monoisotopic (exact) mass is 406 g/mol. The lowest BCUT2D eigenvalue weighted by Gasteiger charge is -2.17. The van der Waals surface area contributed by atoms with E-state index in [1.807, 2.05) is 36.4 Å². The summed E-state index contributed by atoms with van der Waals surface area (Å²) in [5.41, 5.74) is 4.70. The van der Waals surface area contributed by atoms with Gasteiger partial charge in [0.05, 0.1) is 44.6 Å². The Bertz CT molecular complexity index is 1070. The third-order valence-corrected chi connectivity index (χ3v) is 5.01. The SMILES string of the molecule is COCc1nn(Cc2ccc(CN3C(=O)Cc4ncccc43)cc2)cc1C(=O)OC.